The molecule has 4 rings (SSSR count). The lowest BCUT2D eigenvalue weighted by Gasteiger charge is -2.23. The number of alkyl halides is 3. The molecule has 1 aromatic heterocycles. The van der Waals surface area contributed by atoms with Gasteiger partial charge in [-0.15, -0.1) is 13.2 Å². The molecule has 5 nitrogen and oxygen atoms in total. The maximum atomic E-state index is 12.7. The Balaban J connectivity index is 1.61. The Bertz CT molecular complexity index is 902. The van der Waals surface area contributed by atoms with Crippen molar-refractivity contribution in [1.29, 1.82) is 0 Å². The number of halogens is 3. The molecule has 0 bridgehead atoms. The van der Waals surface area contributed by atoms with Crippen LogP contribution in [0.4, 0.5) is 13.2 Å². The monoisotopic (exact) mass is 391 g/mol. The second kappa shape index (κ2) is 6.77. The number of hydrogen-bond acceptors (Lipinski definition) is 4. The minimum Gasteiger partial charge on any atom is -0.405 e. The first-order valence-electron chi connectivity index (χ1n) is 9.12. The third-order valence-corrected chi connectivity index (χ3v) is 5.50. The normalized spacial score (nSPS) is 24.9. The molecule has 1 aromatic carbocycles. The molecular weight excluding hydrogens is 371 g/mol. The number of benzene rings is 1. The number of nitrogens with one attached hydrogen (secondary N) is 1. The Morgan fingerprint density at radius 2 is 2.04 bits per heavy atom. The van der Waals surface area contributed by atoms with Crippen molar-refractivity contribution in [3.8, 4) is 16.9 Å². The van der Waals surface area contributed by atoms with Gasteiger partial charge in [0.2, 0.25) is 5.91 Å². The lowest BCUT2D eigenvalue weighted by Crippen LogP contribution is -2.47. The third-order valence-electron chi connectivity index (χ3n) is 5.50. The van der Waals surface area contributed by atoms with Gasteiger partial charge in [0.05, 0.1) is 11.7 Å². The van der Waals surface area contributed by atoms with Crippen molar-refractivity contribution in [2.24, 2.45) is 0 Å². The van der Waals surface area contributed by atoms with Gasteiger partial charge in [0, 0.05) is 25.4 Å². The maximum absolute atomic E-state index is 12.7. The highest BCUT2D eigenvalue weighted by Gasteiger charge is 2.50. The number of likely N-dealkylation sites (N-methyl/N-ethyl adjacent to an activating group) is 1. The molecular formula is C20H20F3N3O2. The summed E-state index contributed by atoms with van der Waals surface area (Å²) >= 11 is 0. The number of carbonyl (C=O) groups is 1. The Labute approximate surface area is 160 Å². The zero-order chi connectivity index (χ0) is 19.9. The van der Waals surface area contributed by atoms with Gasteiger partial charge in [-0.2, -0.15) is 0 Å². The Hall–Kier alpha value is -2.61. The molecule has 28 heavy (non-hydrogen) atoms. The smallest absolute Gasteiger partial charge is 0.405 e. The molecule has 0 aliphatic carbocycles. The van der Waals surface area contributed by atoms with E-state index in [4.69, 9.17) is 0 Å². The number of nitrogens with zero attached hydrogens (tertiary/aromatic N) is 2. The molecule has 2 atom stereocenters. The largest absolute Gasteiger partial charge is 0.573 e. The Morgan fingerprint density at radius 3 is 2.75 bits per heavy atom. The Kier molecular flexibility index (Phi) is 4.53. The summed E-state index contributed by atoms with van der Waals surface area (Å²) in [5.41, 5.74) is 1.09. The standard InChI is InChI=1S/C20H20F3N3O2/c1-26-11-9-19(18(26)27)8-6-15(25-19)16-12-13(7-10-24-16)14-4-2-3-5-17(14)28-20(21,22)23/h2-5,7,10,12,15,25H,6,8-9,11H2,1H3/t15-,19+/m1/s1. The van der Waals surface area contributed by atoms with Crippen LogP contribution in [0.1, 0.15) is 31.0 Å². The molecule has 2 aromatic rings. The van der Waals surface area contributed by atoms with Crippen LogP contribution in [0.2, 0.25) is 0 Å². The fourth-order valence-electron chi connectivity index (χ4n) is 4.11. The van der Waals surface area contributed by atoms with Crippen LogP contribution in [-0.4, -0.2) is 41.3 Å². The zero-order valence-corrected chi connectivity index (χ0v) is 15.3. The summed E-state index contributed by atoms with van der Waals surface area (Å²) in [6.45, 7) is 0.716. The van der Waals surface area contributed by atoms with E-state index < -0.39 is 11.9 Å². The second-order valence-corrected chi connectivity index (χ2v) is 7.31. The molecule has 8 heteroatoms. The second-order valence-electron chi connectivity index (χ2n) is 7.31. The van der Waals surface area contributed by atoms with Crippen molar-refractivity contribution in [1.82, 2.24) is 15.2 Å². The average Bonchev–Trinajstić information content (AvgIpc) is 3.21. The minimum atomic E-state index is -4.76. The van der Waals surface area contributed by atoms with E-state index in [0.29, 0.717) is 23.4 Å². The number of likely N-dealkylation sites (tertiary alicyclic amines) is 1. The van der Waals surface area contributed by atoms with E-state index in [1.165, 1.54) is 12.1 Å². The molecule has 2 fully saturated rings. The van der Waals surface area contributed by atoms with E-state index in [9.17, 15) is 18.0 Å². The summed E-state index contributed by atoms with van der Waals surface area (Å²) in [7, 11) is 1.79. The van der Waals surface area contributed by atoms with Gasteiger partial charge in [-0.25, -0.2) is 0 Å². The summed E-state index contributed by atoms with van der Waals surface area (Å²) in [6.07, 6.45) is -0.970. The van der Waals surface area contributed by atoms with E-state index in [0.717, 1.165) is 19.3 Å². The molecule has 2 aliphatic rings. The number of rotatable bonds is 3. The van der Waals surface area contributed by atoms with Gasteiger partial charge in [0.25, 0.3) is 0 Å². The highest BCUT2D eigenvalue weighted by atomic mass is 19.4. The predicted molar refractivity (Wildman–Crippen MR) is 96.5 cm³/mol. The summed E-state index contributed by atoms with van der Waals surface area (Å²) in [4.78, 5) is 18.6. The minimum absolute atomic E-state index is 0.0927. The van der Waals surface area contributed by atoms with Gasteiger partial charge in [0.1, 0.15) is 11.3 Å². The fourth-order valence-corrected chi connectivity index (χ4v) is 4.11. The van der Waals surface area contributed by atoms with Crippen molar-refractivity contribution in [3.63, 3.8) is 0 Å². The van der Waals surface area contributed by atoms with Crippen LogP contribution in [0.5, 0.6) is 5.75 Å². The van der Waals surface area contributed by atoms with Crippen LogP contribution < -0.4 is 10.1 Å². The van der Waals surface area contributed by atoms with Crippen LogP contribution in [0.3, 0.4) is 0 Å². The van der Waals surface area contributed by atoms with Gasteiger partial charge < -0.3 is 9.64 Å². The third kappa shape index (κ3) is 3.44. The molecule has 1 amide bonds. The molecule has 1 N–H and O–H groups in total. The number of ether oxygens (including phenoxy) is 1. The van der Waals surface area contributed by atoms with Crippen molar-refractivity contribution in [2.75, 3.05) is 13.6 Å². The average molecular weight is 391 g/mol. The molecule has 0 saturated carbocycles. The van der Waals surface area contributed by atoms with Gasteiger partial charge in [-0.3, -0.25) is 15.1 Å². The first-order chi connectivity index (χ1) is 13.3. The summed E-state index contributed by atoms with van der Waals surface area (Å²) in [5, 5.41) is 3.43. The number of pyridine rings is 1. The molecule has 2 saturated heterocycles. The van der Waals surface area contributed by atoms with Gasteiger partial charge in [-0.05, 0) is 43.0 Å². The quantitative estimate of drug-likeness (QED) is 0.868. The summed E-state index contributed by atoms with van der Waals surface area (Å²) in [5.74, 6) is -0.161. The topological polar surface area (TPSA) is 54.5 Å². The lowest BCUT2D eigenvalue weighted by atomic mass is 9.96. The molecule has 1 spiro atoms. The van der Waals surface area contributed by atoms with Crippen molar-refractivity contribution in [2.45, 2.75) is 37.2 Å². The molecule has 0 radical (unpaired) electrons. The zero-order valence-electron chi connectivity index (χ0n) is 15.3. The summed E-state index contributed by atoms with van der Waals surface area (Å²) < 4.78 is 42.3. The number of carbonyl (C=O) groups excluding carboxylic acids is 1. The van der Waals surface area contributed by atoms with Crippen LogP contribution in [0.25, 0.3) is 11.1 Å². The molecule has 0 unspecified atom stereocenters. The van der Waals surface area contributed by atoms with Crippen molar-refractivity contribution >= 4 is 5.91 Å². The van der Waals surface area contributed by atoms with E-state index in [1.807, 2.05) is 0 Å². The lowest BCUT2D eigenvalue weighted by molar-refractivity contribution is -0.274. The van der Waals surface area contributed by atoms with Gasteiger partial charge in [0.15, 0.2) is 0 Å². The first kappa shape index (κ1) is 18.7. The Morgan fingerprint density at radius 1 is 1.25 bits per heavy atom. The van der Waals surface area contributed by atoms with E-state index in [1.54, 1.807) is 42.4 Å². The summed E-state index contributed by atoms with van der Waals surface area (Å²) in [6, 6.07) is 9.33. The molecule has 148 valence electrons. The van der Waals surface area contributed by atoms with Crippen LogP contribution in [-0.2, 0) is 4.79 Å². The van der Waals surface area contributed by atoms with Gasteiger partial charge >= 0.3 is 6.36 Å². The van der Waals surface area contributed by atoms with Crippen molar-refractivity contribution < 1.29 is 22.7 Å². The number of para-hydroxylation sites is 1. The highest BCUT2D eigenvalue weighted by molar-refractivity contribution is 5.88. The number of amides is 1. The molecule has 3 heterocycles. The van der Waals surface area contributed by atoms with E-state index in [2.05, 4.69) is 15.0 Å². The number of hydrogen-bond donors (Lipinski definition) is 1. The first-order valence-corrected chi connectivity index (χ1v) is 9.12. The van der Waals surface area contributed by atoms with Crippen LogP contribution in [0.15, 0.2) is 42.6 Å². The van der Waals surface area contributed by atoms with Gasteiger partial charge in [-0.1, -0.05) is 18.2 Å². The van der Waals surface area contributed by atoms with Crippen LogP contribution in [0, 0.1) is 0 Å². The predicted octanol–water partition coefficient (Wildman–Crippen LogP) is 3.67. The van der Waals surface area contributed by atoms with Crippen molar-refractivity contribution in [3.05, 3.63) is 48.3 Å². The van der Waals surface area contributed by atoms with E-state index in [-0.39, 0.29) is 17.7 Å². The number of aromatic nitrogens is 1. The fraction of sp³-hybridized carbons (Fsp3) is 0.400. The maximum Gasteiger partial charge on any atom is 0.573 e. The van der Waals surface area contributed by atoms with Crippen LogP contribution >= 0.6 is 0 Å². The SMILES string of the molecule is CN1CC[C@@]2(CC[C@H](c3cc(-c4ccccc4OC(F)(F)F)ccn3)N2)C1=O. The highest BCUT2D eigenvalue weighted by Crippen LogP contribution is 2.40. The molecule has 2 aliphatic heterocycles. The van der Waals surface area contributed by atoms with E-state index >= 15 is 0 Å².